The van der Waals surface area contributed by atoms with Gasteiger partial charge in [-0.05, 0) is 6.92 Å². The summed E-state index contributed by atoms with van der Waals surface area (Å²) in [6.45, 7) is 12.0. The molecule has 0 amide bonds. The number of ether oxygens (including phenoxy) is 1. The number of aliphatic hydroxyl groups is 1. The second kappa shape index (κ2) is 7.54. The van der Waals surface area contributed by atoms with Crippen molar-refractivity contribution < 1.29 is 19.2 Å². The first-order valence-corrected chi connectivity index (χ1v) is 8.42. The topological polar surface area (TPSA) is 83.0 Å². The van der Waals surface area contributed by atoms with Crippen molar-refractivity contribution in [1.82, 2.24) is 14.5 Å². The standard InChI is InChI=1S/C15H19B2ClN4O4/c1-15(23)11(26-17-3)9(6-24-16-2)25-14(15)22-5-8(19-4)10-12(18)20-7-21-13(10)22/h5,7,9,11,14,16-17,23H,6H2,1-3H3/t9-,11-,14-,15+/m1/s1/i16D,17D. The fourth-order valence-electron chi connectivity index (χ4n) is 3.22. The average molecular weight is 378 g/mol. The lowest BCUT2D eigenvalue weighted by molar-refractivity contribution is -0.0915. The summed E-state index contributed by atoms with van der Waals surface area (Å²) in [4.78, 5) is 11.6. The molecule has 4 atom stereocenters. The van der Waals surface area contributed by atoms with E-state index in [-0.39, 0.29) is 17.4 Å². The Morgan fingerprint density at radius 2 is 2.31 bits per heavy atom. The van der Waals surface area contributed by atoms with Gasteiger partial charge in [-0.15, -0.1) is 0 Å². The van der Waals surface area contributed by atoms with Gasteiger partial charge in [0.05, 0.1) is 18.6 Å². The van der Waals surface area contributed by atoms with E-state index < -0.39 is 38.9 Å². The molecule has 3 rings (SSSR count). The molecule has 2 aromatic rings. The van der Waals surface area contributed by atoms with E-state index in [1.807, 2.05) is 0 Å². The first kappa shape index (κ1) is 16.5. The van der Waals surface area contributed by atoms with Crippen molar-refractivity contribution in [3.8, 4) is 0 Å². The molecule has 136 valence electrons. The highest BCUT2D eigenvalue weighted by atomic mass is 35.5. The molecular weight excluding hydrogens is 357 g/mol. The van der Waals surface area contributed by atoms with Crippen LogP contribution >= 0.6 is 11.6 Å². The van der Waals surface area contributed by atoms with Gasteiger partial charge in [-0.1, -0.05) is 25.2 Å². The molecule has 11 heteroatoms. The maximum absolute atomic E-state index is 11.3. The first-order chi connectivity index (χ1) is 13.2. The van der Waals surface area contributed by atoms with E-state index in [0.29, 0.717) is 11.0 Å². The number of halogens is 1. The average Bonchev–Trinajstić information content (AvgIpc) is 3.09. The summed E-state index contributed by atoms with van der Waals surface area (Å²) in [6, 6.07) is 0. The monoisotopic (exact) mass is 378 g/mol. The fourth-order valence-corrected chi connectivity index (χ4v) is 3.45. The number of fused-ring (bicyclic) bond motifs is 1. The van der Waals surface area contributed by atoms with E-state index in [4.69, 9.17) is 34.9 Å². The number of aromatic nitrogens is 3. The highest BCUT2D eigenvalue weighted by Crippen LogP contribution is 2.43. The molecule has 0 radical (unpaired) electrons. The van der Waals surface area contributed by atoms with Crippen LogP contribution in [0.1, 0.15) is 13.2 Å². The molecule has 0 aliphatic carbocycles. The lowest BCUT2D eigenvalue weighted by Crippen LogP contribution is -2.46. The second-order valence-electron chi connectivity index (χ2n) is 6.01. The van der Waals surface area contributed by atoms with Crippen molar-refractivity contribution in [1.29, 1.82) is 2.67 Å². The molecule has 0 spiro atoms. The SMILES string of the molecule is [2H]B(C)OC[C@H]1O[C@@H](n2cc([N+]#[C-])c3c(Cl)ncnc32)[C@@](C)(O)[C@@H]1OB([2H])C. The van der Waals surface area contributed by atoms with Crippen LogP contribution in [0, 0.1) is 6.57 Å². The van der Waals surface area contributed by atoms with Crippen LogP contribution in [0.15, 0.2) is 12.5 Å². The lowest BCUT2D eigenvalue weighted by Gasteiger charge is -2.30. The van der Waals surface area contributed by atoms with Gasteiger partial charge in [-0.25, -0.2) is 14.8 Å². The van der Waals surface area contributed by atoms with Gasteiger partial charge in [0.2, 0.25) is 5.69 Å². The quantitative estimate of drug-likeness (QED) is 0.466. The third-order valence-electron chi connectivity index (χ3n) is 4.34. The fraction of sp³-hybridized carbons (Fsp3) is 0.533. The van der Waals surface area contributed by atoms with Crippen molar-refractivity contribution in [2.45, 2.75) is 44.6 Å². The van der Waals surface area contributed by atoms with E-state index in [1.165, 1.54) is 30.8 Å². The largest absolute Gasteiger partial charge is 0.437 e. The molecule has 0 saturated carbocycles. The number of hydrogen-bond donors (Lipinski definition) is 1. The zero-order valence-electron chi connectivity index (χ0n) is 16.6. The Bertz CT molecular complexity index is 908. The number of rotatable bonds is 6. The molecule has 1 saturated heterocycles. The predicted octanol–water partition coefficient (Wildman–Crippen LogP) is 1.48. The Hall–Kier alpha value is -1.63. The van der Waals surface area contributed by atoms with Crippen molar-refractivity contribution in [3.63, 3.8) is 0 Å². The molecule has 1 fully saturated rings. The second-order valence-corrected chi connectivity index (χ2v) is 6.37. The Morgan fingerprint density at radius 3 is 2.96 bits per heavy atom. The first-order valence-electron chi connectivity index (χ1n) is 9.20. The van der Waals surface area contributed by atoms with E-state index in [0.717, 1.165) is 0 Å². The Balaban J connectivity index is 2.05. The minimum atomic E-state index is -1.57. The van der Waals surface area contributed by atoms with Crippen molar-refractivity contribution in [2.75, 3.05) is 6.61 Å². The minimum Gasteiger partial charge on any atom is -0.437 e. The van der Waals surface area contributed by atoms with Crippen LogP contribution in [-0.2, 0) is 14.0 Å². The van der Waals surface area contributed by atoms with Crippen molar-refractivity contribution >= 4 is 43.2 Å². The van der Waals surface area contributed by atoms with Crippen LogP contribution in [0.4, 0.5) is 5.69 Å². The maximum Gasteiger partial charge on any atom is 0.272 e. The summed E-state index contributed by atoms with van der Waals surface area (Å²) in [5, 5.41) is 11.7. The summed E-state index contributed by atoms with van der Waals surface area (Å²) in [5.41, 5.74) is -1.01. The Kier molecular flexibility index (Phi) is 4.80. The van der Waals surface area contributed by atoms with Crippen LogP contribution < -0.4 is 0 Å². The van der Waals surface area contributed by atoms with Gasteiger partial charge in [0, 0.05) is 8.87 Å². The summed E-state index contributed by atoms with van der Waals surface area (Å²) < 4.78 is 33.8. The maximum atomic E-state index is 11.3. The molecule has 0 aromatic carbocycles. The third kappa shape index (κ3) is 3.10. The lowest BCUT2D eigenvalue weighted by atomic mass is 9.93. The molecule has 0 bridgehead atoms. The van der Waals surface area contributed by atoms with E-state index >= 15 is 0 Å². The molecule has 1 aliphatic rings. The molecule has 1 aliphatic heterocycles. The summed E-state index contributed by atoms with van der Waals surface area (Å²) in [6.07, 6.45) is 0.159. The third-order valence-corrected chi connectivity index (χ3v) is 4.63. The summed E-state index contributed by atoms with van der Waals surface area (Å²) in [5.74, 6) is 0. The number of hydrogen-bond acceptors (Lipinski definition) is 6. The van der Waals surface area contributed by atoms with E-state index in [1.54, 1.807) is 6.82 Å². The van der Waals surface area contributed by atoms with Crippen LogP contribution in [0.25, 0.3) is 15.9 Å². The molecule has 0 unspecified atom stereocenters. The Morgan fingerprint density at radius 1 is 1.54 bits per heavy atom. The van der Waals surface area contributed by atoms with Gasteiger partial charge in [-0.2, -0.15) is 0 Å². The van der Waals surface area contributed by atoms with Gasteiger partial charge in [0.15, 0.2) is 6.23 Å². The molecule has 3 heterocycles. The minimum absolute atomic E-state index is 0.000673. The molecule has 1 N–H and O–H groups in total. The van der Waals surface area contributed by atoms with Gasteiger partial charge in [0.25, 0.3) is 14.9 Å². The molecular formula is C15H19B2ClN4O4. The van der Waals surface area contributed by atoms with Crippen molar-refractivity contribution in [3.05, 3.63) is 29.1 Å². The van der Waals surface area contributed by atoms with Gasteiger partial charge >= 0.3 is 0 Å². The van der Waals surface area contributed by atoms with Crippen LogP contribution in [0.3, 0.4) is 0 Å². The van der Waals surface area contributed by atoms with Crippen LogP contribution in [-0.4, -0.2) is 61.6 Å². The van der Waals surface area contributed by atoms with E-state index in [9.17, 15) is 5.11 Å². The van der Waals surface area contributed by atoms with Crippen molar-refractivity contribution in [2.24, 2.45) is 0 Å². The number of nitrogens with zero attached hydrogens (tertiary/aromatic N) is 4. The highest BCUT2D eigenvalue weighted by molar-refractivity contribution is 6.35. The van der Waals surface area contributed by atoms with E-state index in [2.05, 4.69) is 14.8 Å². The van der Waals surface area contributed by atoms with Crippen LogP contribution in [0.5, 0.6) is 0 Å². The summed E-state index contributed by atoms with van der Waals surface area (Å²) >= 11 is 6.14. The molecule has 8 nitrogen and oxygen atoms in total. The highest BCUT2D eigenvalue weighted by Gasteiger charge is 2.54. The van der Waals surface area contributed by atoms with Gasteiger partial charge < -0.3 is 23.7 Å². The van der Waals surface area contributed by atoms with Crippen LogP contribution in [0.2, 0.25) is 18.8 Å². The summed E-state index contributed by atoms with van der Waals surface area (Å²) in [7, 11) is -1.69. The zero-order valence-corrected chi connectivity index (χ0v) is 15.3. The Labute approximate surface area is 160 Å². The van der Waals surface area contributed by atoms with Gasteiger partial charge in [-0.3, -0.25) is 0 Å². The smallest absolute Gasteiger partial charge is 0.272 e. The zero-order chi connectivity index (χ0) is 20.6. The predicted molar refractivity (Wildman–Crippen MR) is 100 cm³/mol. The molecule has 26 heavy (non-hydrogen) atoms. The van der Waals surface area contributed by atoms with Gasteiger partial charge in [0.1, 0.15) is 34.9 Å². The molecule has 2 aromatic heterocycles. The normalized spacial score (nSPS) is 29.3.